The SMILES string of the molecule is CC1CCN(C(C)c2ccc(N(C)C)cc2)C1C(=O)O. The van der Waals surface area contributed by atoms with Gasteiger partial charge in [0.2, 0.25) is 0 Å². The van der Waals surface area contributed by atoms with Crippen molar-refractivity contribution in [3.05, 3.63) is 29.8 Å². The normalized spacial score (nSPS) is 24.6. The van der Waals surface area contributed by atoms with E-state index in [1.54, 1.807) is 0 Å². The second-order valence-corrected chi connectivity index (χ2v) is 5.95. The summed E-state index contributed by atoms with van der Waals surface area (Å²) in [5, 5.41) is 9.42. The first-order valence-corrected chi connectivity index (χ1v) is 7.17. The number of carboxylic acid groups (broad SMARTS) is 1. The van der Waals surface area contributed by atoms with Crippen LogP contribution in [0.5, 0.6) is 0 Å². The molecule has 3 atom stereocenters. The van der Waals surface area contributed by atoms with E-state index in [9.17, 15) is 9.90 Å². The minimum atomic E-state index is -0.702. The molecule has 1 aliphatic rings. The standard InChI is InChI=1S/C16H24N2O2/c1-11-9-10-18(15(11)16(19)20)12(2)13-5-7-14(8-6-13)17(3)4/h5-8,11-12,15H,9-10H2,1-4H3,(H,19,20). The van der Waals surface area contributed by atoms with Gasteiger partial charge in [0.1, 0.15) is 6.04 Å². The molecule has 0 aliphatic carbocycles. The fraction of sp³-hybridized carbons (Fsp3) is 0.562. The van der Waals surface area contributed by atoms with Crippen molar-refractivity contribution in [3.63, 3.8) is 0 Å². The van der Waals surface area contributed by atoms with Crippen LogP contribution < -0.4 is 4.90 Å². The highest BCUT2D eigenvalue weighted by atomic mass is 16.4. The van der Waals surface area contributed by atoms with Crippen LogP contribution in [0.15, 0.2) is 24.3 Å². The number of hydrogen-bond acceptors (Lipinski definition) is 3. The highest BCUT2D eigenvalue weighted by Crippen LogP contribution is 2.33. The Kier molecular flexibility index (Phi) is 4.33. The van der Waals surface area contributed by atoms with Gasteiger partial charge >= 0.3 is 5.97 Å². The third-order valence-electron chi connectivity index (χ3n) is 4.38. The molecule has 1 N–H and O–H groups in total. The topological polar surface area (TPSA) is 43.8 Å². The van der Waals surface area contributed by atoms with E-state index in [2.05, 4.69) is 41.0 Å². The number of likely N-dealkylation sites (tertiary alicyclic amines) is 1. The maximum Gasteiger partial charge on any atom is 0.321 e. The number of rotatable bonds is 4. The zero-order valence-electron chi connectivity index (χ0n) is 12.7. The molecule has 3 unspecified atom stereocenters. The molecule has 110 valence electrons. The van der Waals surface area contributed by atoms with Crippen LogP contribution in [0.25, 0.3) is 0 Å². The Labute approximate surface area is 121 Å². The van der Waals surface area contributed by atoms with Crippen LogP contribution in [0.1, 0.15) is 31.9 Å². The predicted octanol–water partition coefficient (Wildman–Crippen LogP) is 2.61. The molecule has 1 aromatic carbocycles. The van der Waals surface area contributed by atoms with Gasteiger partial charge in [-0.25, -0.2) is 0 Å². The lowest BCUT2D eigenvalue weighted by atomic mass is 10.0. The predicted molar refractivity (Wildman–Crippen MR) is 81.1 cm³/mol. The average molecular weight is 276 g/mol. The van der Waals surface area contributed by atoms with Gasteiger partial charge in [0.25, 0.3) is 0 Å². The molecular formula is C16H24N2O2. The zero-order chi connectivity index (χ0) is 14.9. The Morgan fingerprint density at radius 3 is 2.45 bits per heavy atom. The smallest absolute Gasteiger partial charge is 0.321 e. The minimum Gasteiger partial charge on any atom is -0.480 e. The number of carbonyl (C=O) groups is 1. The first-order chi connectivity index (χ1) is 9.41. The third kappa shape index (κ3) is 2.80. The molecule has 4 heteroatoms. The molecule has 0 saturated carbocycles. The van der Waals surface area contributed by atoms with Crippen molar-refractivity contribution in [2.45, 2.75) is 32.4 Å². The van der Waals surface area contributed by atoms with Crippen molar-refractivity contribution in [1.82, 2.24) is 4.90 Å². The minimum absolute atomic E-state index is 0.136. The van der Waals surface area contributed by atoms with Gasteiger partial charge in [-0.1, -0.05) is 19.1 Å². The molecule has 1 aliphatic heterocycles. The van der Waals surface area contributed by atoms with Crippen LogP contribution in [0, 0.1) is 5.92 Å². The summed E-state index contributed by atoms with van der Waals surface area (Å²) in [7, 11) is 4.03. The fourth-order valence-corrected chi connectivity index (χ4v) is 3.04. The maximum absolute atomic E-state index is 11.5. The summed E-state index contributed by atoms with van der Waals surface area (Å²) >= 11 is 0. The van der Waals surface area contributed by atoms with E-state index >= 15 is 0 Å². The van der Waals surface area contributed by atoms with Gasteiger partial charge in [-0.05, 0) is 43.5 Å². The Balaban J connectivity index is 2.18. The average Bonchev–Trinajstić information content (AvgIpc) is 2.80. The largest absolute Gasteiger partial charge is 0.480 e. The van der Waals surface area contributed by atoms with Gasteiger partial charge in [-0.2, -0.15) is 0 Å². The van der Waals surface area contributed by atoms with Gasteiger partial charge < -0.3 is 10.0 Å². The van der Waals surface area contributed by atoms with Crippen LogP contribution in [0.3, 0.4) is 0 Å². The van der Waals surface area contributed by atoms with Crippen molar-refractivity contribution < 1.29 is 9.90 Å². The Hall–Kier alpha value is -1.55. The summed E-state index contributed by atoms with van der Waals surface area (Å²) < 4.78 is 0. The van der Waals surface area contributed by atoms with Gasteiger partial charge in [-0.15, -0.1) is 0 Å². The van der Waals surface area contributed by atoms with Crippen LogP contribution in [-0.4, -0.2) is 42.7 Å². The number of hydrogen-bond donors (Lipinski definition) is 1. The lowest BCUT2D eigenvalue weighted by Crippen LogP contribution is -2.40. The first kappa shape index (κ1) is 14.9. The molecule has 2 rings (SSSR count). The van der Waals surface area contributed by atoms with Crippen LogP contribution >= 0.6 is 0 Å². The molecule has 1 fully saturated rings. The number of carboxylic acids is 1. The van der Waals surface area contributed by atoms with Crippen LogP contribution in [-0.2, 0) is 4.79 Å². The van der Waals surface area contributed by atoms with E-state index in [4.69, 9.17) is 0 Å². The summed E-state index contributed by atoms with van der Waals surface area (Å²) in [6.45, 7) is 4.98. The van der Waals surface area contributed by atoms with Crippen LogP contribution in [0.2, 0.25) is 0 Å². The first-order valence-electron chi connectivity index (χ1n) is 7.17. The summed E-state index contributed by atoms with van der Waals surface area (Å²) in [6, 6.07) is 8.14. The molecule has 1 heterocycles. The Bertz CT molecular complexity index is 470. The van der Waals surface area contributed by atoms with Crippen LogP contribution in [0.4, 0.5) is 5.69 Å². The highest BCUT2D eigenvalue weighted by molar-refractivity contribution is 5.74. The monoisotopic (exact) mass is 276 g/mol. The number of nitrogens with zero attached hydrogens (tertiary/aromatic N) is 2. The molecule has 0 radical (unpaired) electrons. The van der Waals surface area contributed by atoms with E-state index in [0.717, 1.165) is 18.7 Å². The number of aliphatic carboxylic acids is 1. The number of anilines is 1. The van der Waals surface area contributed by atoms with Crippen molar-refractivity contribution in [2.75, 3.05) is 25.5 Å². The van der Waals surface area contributed by atoms with E-state index < -0.39 is 5.97 Å². The zero-order valence-corrected chi connectivity index (χ0v) is 12.7. The molecule has 0 bridgehead atoms. The van der Waals surface area contributed by atoms with E-state index in [1.807, 2.05) is 21.0 Å². The van der Waals surface area contributed by atoms with Gasteiger partial charge in [0.15, 0.2) is 0 Å². The quantitative estimate of drug-likeness (QED) is 0.918. The molecule has 20 heavy (non-hydrogen) atoms. The van der Waals surface area contributed by atoms with Gasteiger partial charge in [0, 0.05) is 25.8 Å². The van der Waals surface area contributed by atoms with Crippen molar-refractivity contribution >= 4 is 11.7 Å². The fourth-order valence-electron chi connectivity index (χ4n) is 3.04. The van der Waals surface area contributed by atoms with E-state index in [0.29, 0.717) is 0 Å². The lowest BCUT2D eigenvalue weighted by molar-refractivity contribution is -0.144. The molecular weight excluding hydrogens is 252 g/mol. The second-order valence-electron chi connectivity index (χ2n) is 5.95. The number of benzene rings is 1. The summed E-state index contributed by atoms with van der Waals surface area (Å²) in [5.74, 6) is -0.484. The summed E-state index contributed by atoms with van der Waals surface area (Å²) in [4.78, 5) is 15.6. The lowest BCUT2D eigenvalue weighted by Gasteiger charge is -2.30. The Morgan fingerprint density at radius 2 is 1.95 bits per heavy atom. The summed E-state index contributed by atoms with van der Waals surface area (Å²) in [6.07, 6.45) is 0.955. The Morgan fingerprint density at radius 1 is 1.35 bits per heavy atom. The van der Waals surface area contributed by atoms with Crippen molar-refractivity contribution in [1.29, 1.82) is 0 Å². The third-order valence-corrected chi connectivity index (χ3v) is 4.38. The second kappa shape index (κ2) is 5.83. The van der Waals surface area contributed by atoms with Gasteiger partial charge in [-0.3, -0.25) is 9.69 Å². The van der Waals surface area contributed by atoms with Crippen molar-refractivity contribution in [3.8, 4) is 0 Å². The molecule has 0 amide bonds. The summed E-state index contributed by atoms with van der Waals surface area (Å²) in [5.41, 5.74) is 2.33. The van der Waals surface area contributed by atoms with Gasteiger partial charge in [0.05, 0.1) is 0 Å². The molecule has 0 spiro atoms. The van der Waals surface area contributed by atoms with Crippen molar-refractivity contribution in [2.24, 2.45) is 5.92 Å². The van der Waals surface area contributed by atoms with E-state index in [1.165, 1.54) is 5.56 Å². The molecule has 1 saturated heterocycles. The molecule has 1 aromatic rings. The molecule has 0 aromatic heterocycles. The van der Waals surface area contributed by atoms with E-state index in [-0.39, 0.29) is 18.0 Å². The highest BCUT2D eigenvalue weighted by Gasteiger charge is 2.39. The molecule has 4 nitrogen and oxygen atoms in total. The maximum atomic E-state index is 11.5.